The van der Waals surface area contributed by atoms with Gasteiger partial charge in [-0.15, -0.1) is 0 Å². The van der Waals surface area contributed by atoms with Gasteiger partial charge in [-0.3, -0.25) is 5.10 Å². The van der Waals surface area contributed by atoms with Crippen LogP contribution in [0.3, 0.4) is 0 Å². The van der Waals surface area contributed by atoms with Crippen LogP contribution in [0.5, 0.6) is 5.75 Å². The summed E-state index contributed by atoms with van der Waals surface area (Å²) in [4.78, 5) is 21.2. The lowest BCUT2D eigenvalue weighted by molar-refractivity contribution is 0.0512. The molecule has 52 heavy (non-hydrogen) atoms. The first kappa shape index (κ1) is 33.8. The maximum Gasteiger partial charge on any atom is 0.355 e. The van der Waals surface area contributed by atoms with Crippen molar-refractivity contribution in [2.24, 2.45) is 0 Å². The molecule has 2 aliphatic heterocycles. The number of esters is 1. The minimum atomic E-state index is -0.271. The molecule has 0 amide bonds. The van der Waals surface area contributed by atoms with Crippen molar-refractivity contribution in [2.45, 2.75) is 46.2 Å². The third-order valence-corrected chi connectivity index (χ3v) is 10.8. The van der Waals surface area contributed by atoms with Crippen molar-refractivity contribution in [3.05, 3.63) is 108 Å². The number of piperazine rings is 1. The van der Waals surface area contributed by atoms with Crippen molar-refractivity contribution >= 4 is 39.0 Å². The van der Waals surface area contributed by atoms with E-state index in [9.17, 15) is 4.79 Å². The molecule has 1 N–H and O–H groups in total. The van der Waals surface area contributed by atoms with Crippen molar-refractivity contribution in [3.8, 4) is 16.9 Å². The van der Waals surface area contributed by atoms with Crippen LogP contribution >= 0.6 is 0 Å². The molecule has 8 rings (SSSR count). The average molecular weight is 697 g/mol. The number of aromatic amines is 1. The summed E-state index contributed by atoms with van der Waals surface area (Å²) in [6, 6.07) is 30.0. The second kappa shape index (κ2) is 14.8. The van der Waals surface area contributed by atoms with Gasteiger partial charge in [0.2, 0.25) is 0 Å². The van der Waals surface area contributed by atoms with E-state index in [2.05, 4.69) is 99.0 Å². The van der Waals surface area contributed by atoms with Gasteiger partial charge in [-0.25, -0.2) is 4.79 Å². The number of rotatable bonds is 9. The van der Waals surface area contributed by atoms with E-state index in [1.54, 1.807) is 0 Å². The Morgan fingerprint density at radius 2 is 1.56 bits per heavy atom. The summed E-state index contributed by atoms with van der Waals surface area (Å²) in [5.41, 5.74) is 9.42. The number of hydrogen-bond donors (Lipinski definition) is 1. The average Bonchev–Trinajstić information content (AvgIpc) is 3.70. The Morgan fingerprint density at radius 1 is 0.827 bits per heavy atom. The standard InChI is InChI=1S/C43H48N6O3/c1-4-51-43(50)42-36(16-9-28-52-39-17-7-12-31-11-5-6-13-34(31)39)35-14-8-15-37-40-30(2)44-45-38(40)29-48(22-10-23-49(42)41(35)37)33-20-18-32(19-21-33)47-26-24-46(3)25-27-47/h5-8,11-15,17-21H,4,9-10,16,22-29H2,1-3H3,(H,44,45). The fourth-order valence-electron chi connectivity index (χ4n) is 8.13. The van der Waals surface area contributed by atoms with E-state index in [-0.39, 0.29) is 5.97 Å². The van der Waals surface area contributed by atoms with E-state index in [1.807, 2.05) is 31.2 Å². The maximum absolute atomic E-state index is 13.9. The third-order valence-electron chi connectivity index (χ3n) is 10.8. The molecule has 1 fully saturated rings. The summed E-state index contributed by atoms with van der Waals surface area (Å²) in [6.45, 7) is 11.3. The largest absolute Gasteiger partial charge is 0.493 e. The van der Waals surface area contributed by atoms with Gasteiger partial charge in [-0.1, -0.05) is 54.6 Å². The Labute approximate surface area is 305 Å². The van der Waals surface area contributed by atoms with Crippen LogP contribution in [0.25, 0.3) is 32.8 Å². The van der Waals surface area contributed by atoms with Crippen molar-refractivity contribution in [1.29, 1.82) is 0 Å². The van der Waals surface area contributed by atoms with Gasteiger partial charge >= 0.3 is 5.97 Å². The molecule has 0 radical (unpaired) electrons. The molecule has 0 aliphatic carbocycles. The van der Waals surface area contributed by atoms with Gasteiger partial charge in [0.25, 0.3) is 0 Å². The molecule has 6 aromatic rings. The first-order valence-corrected chi connectivity index (χ1v) is 18.7. The molecule has 2 aliphatic rings. The molecule has 0 atom stereocenters. The number of carbonyl (C=O) groups excluding carboxylic acids is 1. The third kappa shape index (κ3) is 6.50. The zero-order valence-electron chi connectivity index (χ0n) is 30.5. The van der Waals surface area contributed by atoms with Crippen molar-refractivity contribution in [2.75, 3.05) is 62.8 Å². The maximum atomic E-state index is 13.9. The van der Waals surface area contributed by atoms with Crippen molar-refractivity contribution < 1.29 is 14.3 Å². The number of anilines is 2. The first-order chi connectivity index (χ1) is 25.5. The Balaban J connectivity index is 1.12. The van der Waals surface area contributed by atoms with E-state index in [1.165, 1.54) is 11.4 Å². The minimum absolute atomic E-state index is 0.271. The van der Waals surface area contributed by atoms with Crippen LogP contribution < -0.4 is 14.5 Å². The molecule has 1 saturated heterocycles. The number of benzene rings is 4. The predicted molar refractivity (Wildman–Crippen MR) is 210 cm³/mol. The van der Waals surface area contributed by atoms with Crippen LogP contribution in [0, 0.1) is 6.92 Å². The first-order valence-electron chi connectivity index (χ1n) is 18.7. The lowest BCUT2D eigenvalue weighted by Crippen LogP contribution is -2.44. The number of carbonyl (C=O) groups is 1. The highest BCUT2D eigenvalue weighted by Crippen LogP contribution is 2.39. The minimum Gasteiger partial charge on any atom is -0.493 e. The van der Waals surface area contributed by atoms with Crippen molar-refractivity contribution in [3.63, 3.8) is 0 Å². The normalized spacial score (nSPS) is 15.2. The number of nitrogens with zero attached hydrogens (tertiary/aromatic N) is 5. The number of ether oxygens (including phenoxy) is 2. The molecule has 2 aromatic heterocycles. The highest BCUT2D eigenvalue weighted by Gasteiger charge is 2.28. The highest BCUT2D eigenvalue weighted by molar-refractivity contribution is 6.05. The summed E-state index contributed by atoms with van der Waals surface area (Å²) in [6.07, 6.45) is 2.30. The zero-order valence-corrected chi connectivity index (χ0v) is 30.5. The van der Waals surface area contributed by atoms with Gasteiger partial charge < -0.3 is 28.7 Å². The molecule has 9 nitrogen and oxygen atoms in total. The van der Waals surface area contributed by atoms with Gasteiger partial charge in [0, 0.05) is 78.2 Å². The molecule has 4 aromatic carbocycles. The quantitative estimate of drug-likeness (QED) is 0.122. The summed E-state index contributed by atoms with van der Waals surface area (Å²) in [7, 11) is 2.19. The van der Waals surface area contributed by atoms with Crippen LogP contribution in [0.15, 0.2) is 84.9 Å². The fraction of sp³-hybridized carbons (Fsp3) is 0.349. The topological polar surface area (TPSA) is 78.9 Å². The number of aryl methyl sites for hydroxylation is 3. The highest BCUT2D eigenvalue weighted by atomic mass is 16.5. The molecular formula is C43H48N6O3. The summed E-state index contributed by atoms with van der Waals surface area (Å²) in [5.74, 6) is 0.612. The number of aromatic nitrogens is 3. The Hall–Kier alpha value is -5.28. The van der Waals surface area contributed by atoms with Crippen LogP contribution in [-0.4, -0.2) is 78.6 Å². The Bertz CT molecular complexity index is 2190. The van der Waals surface area contributed by atoms with Gasteiger partial charge in [0.05, 0.1) is 31.0 Å². The Morgan fingerprint density at radius 3 is 2.37 bits per heavy atom. The summed E-state index contributed by atoms with van der Waals surface area (Å²) < 4.78 is 14.4. The molecule has 0 unspecified atom stereocenters. The smallest absolute Gasteiger partial charge is 0.355 e. The molecule has 268 valence electrons. The van der Waals surface area contributed by atoms with Gasteiger partial charge in [0.15, 0.2) is 0 Å². The second-order valence-electron chi connectivity index (χ2n) is 14.1. The van der Waals surface area contributed by atoms with Gasteiger partial charge in [-0.05, 0) is 81.4 Å². The van der Waals surface area contributed by atoms with E-state index in [4.69, 9.17) is 14.6 Å². The number of hydrogen-bond acceptors (Lipinski definition) is 7. The number of likely N-dealkylation sites (N-methyl/N-ethyl adjacent to an activating group) is 1. The van der Waals surface area contributed by atoms with Crippen molar-refractivity contribution in [1.82, 2.24) is 19.7 Å². The zero-order chi connectivity index (χ0) is 35.6. The molecule has 9 heteroatoms. The molecule has 0 saturated carbocycles. The number of nitrogens with one attached hydrogen (secondary N) is 1. The van der Waals surface area contributed by atoms with Gasteiger partial charge in [-0.2, -0.15) is 5.10 Å². The number of para-hydroxylation sites is 1. The SMILES string of the molecule is CCOC(=O)c1c(CCCOc2cccc3ccccc23)c2cccc3c2n1CCCN(c1ccc(N2CCN(C)CC2)cc1)Cc1n[nH]c(C)c1-3. The van der Waals surface area contributed by atoms with Crippen LogP contribution in [0.4, 0.5) is 11.4 Å². The lowest BCUT2D eigenvalue weighted by atomic mass is 9.98. The fourth-order valence-corrected chi connectivity index (χ4v) is 8.13. The van der Waals surface area contributed by atoms with E-state index >= 15 is 0 Å². The molecule has 0 spiro atoms. The van der Waals surface area contributed by atoms with Crippen LogP contribution in [0.2, 0.25) is 0 Å². The molecule has 0 bridgehead atoms. The Kier molecular flexibility index (Phi) is 9.60. The monoisotopic (exact) mass is 696 g/mol. The van der Waals surface area contributed by atoms with E-state index < -0.39 is 0 Å². The number of H-pyrrole nitrogens is 1. The second-order valence-corrected chi connectivity index (χ2v) is 14.1. The van der Waals surface area contributed by atoms with Gasteiger partial charge in [0.1, 0.15) is 11.4 Å². The lowest BCUT2D eigenvalue weighted by Gasteiger charge is -2.34. The van der Waals surface area contributed by atoms with E-state index in [0.29, 0.717) is 38.4 Å². The summed E-state index contributed by atoms with van der Waals surface area (Å²) in [5, 5.41) is 11.5. The van der Waals surface area contributed by atoms with E-state index in [0.717, 1.165) is 101 Å². The number of fused-ring (bicyclic) bond motifs is 3. The molecule has 4 heterocycles. The summed E-state index contributed by atoms with van der Waals surface area (Å²) >= 11 is 0. The molecular weight excluding hydrogens is 649 g/mol. The van der Waals surface area contributed by atoms with Crippen LogP contribution in [-0.2, 0) is 24.2 Å². The van der Waals surface area contributed by atoms with Crippen LogP contribution in [0.1, 0.15) is 47.2 Å². The predicted octanol–water partition coefficient (Wildman–Crippen LogP) is 7.84.